The maximum Gasteiger partial charge on any atom is 0.283 e. The number of aromatic nitrogens is 1. The first-order valence-corrected chi connectivity index (χ1v) is 11.3. The van der Waals surface area contributed by atoms with Gasteiger partial charge in [-0.05, 0) is 35.9 Å². The number of carbonyl (C=O) groups excluding carboxylic acids is 2. The van der Waals surface area contributed by atoms with Gasteiger partial charge in [-0.1, -0.05) is 40.7 Å². The van der Waals surface area contributed by atoms with Gasteiger partial charge >= 0.3 is 0 Å². The van der Waals surface area contributed by atoms with Crippen molar-refractivity contribution >= 4 is 57.9 Å². The minimum atomic E-state index is -0.348. The molecule has 2 amide bonds. The second kappa shape index (κ2) is 10.4. The van der Waals surface area contributed by atoms with Gasteiger partial charge in [-0.15, -0.1) is 0 Å². The number of amidine groups is 1. The van der Waals surface area contributed by atoms with E-state index < -0.39 is 0 Å². The zero-order valence-corrected chi connectivity index (χ0v) is 19.7. The number of rotatable bonds is 7. The van der Waals surface area contributed by atoms with Crippen LogP contribution in [-0.4, -0.2) is 42.1 Å². The molecule has 1 N–H and O–H groups in total. The third-order valence-electron chi connectivity index (χ3n) is 4.68. The van der Waals surface area contributed by atoms with Gasteiger partial charge in [-0.3, -0.25) is 14.5 Å². The summed E-state index contributed by atoms with van der Waals surface area (Å²) in [7, 11) is 3.07. The Morgan fingerprint density at radius 2 is 1.97 bits per heavy atom. The van der Waals surface area contributed by atoms with Gasteiger partial charge in [0.15, 0.2) is 11.0 Å². The smallest absolute Gasteiger partial charge is 0.283 e. The van der Waals surface area contributed by atoms with Crippen molar-refractivity contribution in [2.24, 2.45) is 4.99 Å². The molecule has 2 aromatic carbocycles. The topological polar surface area (TPSA) is 106 Å². The Balaban J connectivity index is 1.62. The minimum Gasteiger partial charge on any atom is -0.497 e. The number of nitrogens with zero attached hydrogens (tertiary/aromatic N) is 3. The number of aliphatic imine (C=N–C) groups is 1. The highest BCUT2D eigenvalue weighted by Crippen LogP contribution is 2.34. The average Bonchev–Trinajstić information content (AvgIpc) is 3.46. The molecule has 1 aliphatic rings. The van der Waals surface area contributed by atoms with Crippen LogP contribution < -0.4 is 19.7 Å². The Hall–Kier alpha value is -3.76. The summed E-state index contributed by atoms with van der Waals surface area (Å²) < 4.78 is 15.2. The number of hydrogen-bond acceptors (Lipinski definition) is 8. The highest BCUT2D eigenvalue weighted by molar-refractivity contribution is 8.14. The maximum absolute atomic E-state index is 13.3. The minimum absolute atomic E-state index is 0.00395. The van der Waals surface area contributed by atoms with E-state index in [4.69, 9.17) is 25.6 Å². The molecule has 2 heterocycles. The first kappa shape index (κ1) is 23.4. The molecule has 11 heteroatoms. The Kier molecular flexibility index (Phi) is 7.19. The van der Waals surface area contributed by atoms with Crippen LogP contribution in [0.3, 0.4) is 0 Å². The quantitative estimate of drug-likeness (QED) is 0.479. The molecule has 174 valence electrons. The normalized spacial score (nSPS) is 14.3. The lowest BCUT2D eigenvalue weighted by molar-refractivity contribution is -0.114. The van der Waals surface area contributed by atoms with Gasteiger partial charge in [-0.2, -0.15) is 0 Å². The van der Waals surface area contributed by atoms with Crippen molar-refractivity contribution in [2.45, 2.75) is 0 Å². The lowest BCUT2D eigenvalue weighted by Gasteiger charge is -2.18. The van der Waals surface area contributed by atoms with Crippen LogP contribution in [-0.2, 0) is 9.59 Å². The highest BCUT2D eigenvalue weighted by atomic mass is 35.5. The number of halogens is 1. The third-order valence-corrected chi connectivity index (χ3v) is 5.93. The number of benzene rings is 2. The number of anilines is 2. The number of nitrogens with one attached hydrogen (secondary N) is 1. The Bertz CT molecular complexity index is 1260. The van der Waals surface area contributed by atoms with E-state index in [1.165, 1.54) is 24.3 Å². The first-order chi connectivity index (χ1) is 16.5. The molecule has 0 saturated heterocycles. The second-order valence-electron chi connectivity index (χ2n) is 6.88. The van der Waals surface area contributed by atoms with Crippen LogP contribution in [0, 0.1) is 0 Å². The monoisotopic (exact) mass is 498 g/mol. The van der Waals surface area contributed by atoms with E-state index in [1.54, 1.807) is 43.5 Å². The average molecular weight is 499 g/mol. The standard InChI is InChI=1S/C23H19ClN4O5S/c1-31-16-6-3-14(4-7-16)11-18-22(30)28(15-5-8-17(24)19(12-15)32-2)23(25-18)34-13-21(29)26-20-9-10-33-27-20/h3-12H,13H2,1-2H3,(H,26,27,29)/b18-11-. The van der Waals surface area contributed by atoms with Gasteiger partial charge in [-0.25, -0.2) is 4.99 Å². The third kappa shape index (κ3) is 5.24. The summed E-state index contributed by atoms with van der Waals surface area (Å²) in [4.78, 5) is 31.6. The van der Waals surface area contributed by atoms with E-state index in [2.05, 4.69) is 15.5 Å². The van der Waals surface area contributed by atoms with Gasteiger partial charge in [0.1, 0.15) is 23.5 Å². The highest BCUT2D eigenvalue weighted by Gasteiger charge is 2.33. The summed E-state index contributed by atoms with van der Waals surface area (Å²) in [6, 6.07) is 13.7. The van der Waals surface area contributed by atoms with Crippen molar-refractivity contribution in [3.05, 3.63) is 71.1 Å². The molecule has 34 heavy (non-hydrogen) atoms. The van der Waals surface area contributed by atoms with Crippen LogP contribution in [0.2, 0.25) is 5.02 Å². The van der Waals surface area contributed by atoms with Gasteiger partial charge in [0.25, 0.3) is 5.91 Å². The number of carbonyl (C=O) groups is 2. The van der Waals surface area contributed by atoms with E-state index in [1.807, 2.05) is 12.1 Å². The van der Waals surface area contributed by atoms with E-state index in [0.29, 0.717) is 33.2 Å². The van der Waals surface area contributed by atoms with Crippen LogP contribution in [0.25, 0.3) is 6.08 Å². The predicted octanol–water partition coefficient (Wildman–Crippen LogP) is 4.46. The van der Waals surface area contributed by atoms with E-state index in [9.17, 15) is 9.59 Å². The number of amides is 2. The summed E-state index contributed by atoms with van der Waals surface area (Å²) in [6.45, 7) is 0. The largest absolute Gasteiger partial charge is 0.497 e. The Morgan fingerprint density at radius 1 is 1.18 bits per heavy atom. The summed E-state index contributed by atoms with van der Waals surface area (Å²) >= 11 is 7.26. The molecule has 0 atom stereocenters. The molecular formula is C23H19ClN4O5S. The van der Waals surface area contributed by atoms with E-state index in [-0.39, 0.29) is 23.3 Å². The number of hydrogen-bond donors (Lipinski definition) is 1. The molecule has 9 nitrogen and oxygen atoms in total. The lowest BCUT2D eigenvalue weighted by Crippen LogP contribution is -2.31. The van der Waals surface area contributed by atoms with E-state index in [0.717, 1.165) is 17.3 Å². The van der Waals surface area contributed by atoms with Crippen LogP contribution in [0.1, 0.15) is 5.56 Å². The van der Waals surface area contributed by atoms with Crippen molar-refractivity contribution in [3.63, 3.8) is 0 Å². The molecule has 0 bridgehead atoms. The number of thioether (sulfide) groups is 1. The molecule has 1 aromatic heterocycles. The summed E-state index contributed by atoms with van der Waals surface area (Å²) in [6.07, 6.45) is 3.03. The fraction of sp³-hybridized carbons (Fsp3) is 0.130. The molecule has 3 aromatic rings. The molecule has 4 rings (SSSR count). The van der Waals surface area contributed by atoms with Crippen molar-refractivity contribution in [2.75, 3.05) is 30.2 Å². The fourth-order valence-corrected chi connectivity index (χ4v) is 4.06. The van der Waals surface area contributed by atoms with Gasteiger partial charge in [0, 0.05) is 12.1 Å². The molecular weight excluding hydrogens is 480 g/mol. The molecule has 0 saturated carbocycles. The molecule has 0 radical (unpaired) electrons. The summed E-state index contributed by atoms with van der Waals surface area (Å²) in [5.74, 6) is 0.736. The van der Waals surface area contributed by atoms with Crippen LogP contribution >= 0.6 is 23.4 Å². The molecule has 0 spiro atoms. The lowest BCUT2D eigenvalue weighted by atomic mass is 10.2. The number of ether oxygens (including phenoxy) is 2. The van der Waals surface area contributed by atoms with Gasteiger partial charge < -0.3 is 19.3 Å². The number of methoxy groups -OCH3 is 2. The second-order valence-corrected chi connectivity index (χ2v) is 8.23. The summed E-state index contributed by atoms with van der Waals surface area (Å²) in [5.41, 5.74) is 1.50. The molecule has 0 aliphatic carbocycles. The first-order valence-electron chi connectivity index (χ1n) is 9.94. The maximum atomic E-state index is 13.3. The Morgan fingerprint density at radius 3 is 2.65 bits per heavy atom. The molecule has 0 unspecified atom stereocenters. The predicted molar refractivity (Wildman–Crippen MR) is 131 cm³/mol. The van der Waals surface area contributed by atoms with Crippen LogP contribution in [0.15, 0.2) is 70.0 Å². The van der Waals surface area contributed by atoms with E-state index >= 15 is 0 Å². The van der Waals surface area contributed by atoms with Crippen molar-refractivity contribution in [1.29, 1.82) is 0 Å². The van der Waals surface area contributed by atoms with Crippen LogP contribution in [0.4, 0.5) is 11.5 Å². The SMILES string of the molecule is COc1ccc(/C=C2\N=C(SCC(=O)Nc3ccon3)N(c3ccc(Cl)c(OC)c3)C2=O)cc1. The fourth-order valence-electron chi connectivity index (χ4n) is 3.05. The van der Waals surface area contributed by atoms with Gasteiger partial charge in [0.2, 0.25) is 5.91 Å². The zero-order valence-electron chi connectivity index (χ0n) is 18.1. The molecule has 1 aliphatic heterocycles. The molecule has 0 fully saturated rings. The Labute approximate surface area is 204 Å². The van der Waals surface area contributed by atoms with Crippen molar-refractivity contribution < 1.29 is 23.6 Å². The zero-order chi connectivity index (χ0) is 24.1. The summed E-state index contributed by atoms with van der Waals surface area (Å²) in [5, 5.41) is 7.01. The van der Waals surface area contributed by atoms with Crippen LogP contribution in [0.5, 0.6) is 11.5 Å². The van der Waals surface area contributed by atoms with Crippen molar-refractivity contribution in [3.8, 4) is 11.5 Å². The van der Waals surface area contributed by atoms with Gasteiger partial charge in [0.05, 0.1) is 30.7 Å². The van der Waals surface area contributed by atoms with Crippen molar-refractivity contribution in [1.82, 2.24) is 5.16 Å².